The van der Waals surface area contributed by atoms with E-state index in [1.165, 1.54) is 22.0 Å². The Bertz CT molecular complexity index is 1030. The Morgan fingerprint density at radius 1 is 1.03 bits per heavy atom. The van der Waals surface area contributed by atoms with Crippen LogP contribution in [0.5, 0.6) is 5.75 Å². The minimum absolute atomic E-state index is 0.304. The van der Waals surface area contributed by atoms with Crippen molar-refractivity contribution in [2.45, 2.75) is 26.5 Å². The van der Waals surface area contributed by atoms with Gasteiger partial charge in [0.15, 0.2) is 0 Å². The van der Waals surface area contributed by atoms with E-state index < -0.39 is 6.10 Å². The molecule has 1 aliphatic heterocycles. The molecule has 0 spiro atoms. The molecule has 1 saturated heterocycles. The molecule has 160 valence electrons. The lowest BCUT2D eigenvalue weighted by Crippen LogP contribution is -2.47. The van der Waals surface area contributed by atoms with Gasteiger partial charge in [-0.05, 0) is 39.1 Å². The molecular formula is C25H33N3O2. The van der Waals surface area contributed by atoms with Crippen LogP contribution in [0.3, 0.4) is 0 Å². The van der Waals surface area contributed by atoms with Gasteiger partial charge in [0.05, 0.1) is 5.52 Å². The summed E-state index contributed by atoms with van der Waals surface area (Å²) in [5, 5.41) is 12.9. The molecule has 2 aromatic carbocycles. The maximum atomic E-state index is 10.6. The molecule has 1 atom stereocenters. The van der Waals surface area contributed by atoms with E-state index >= 15 is 0 Å². The van der Waals surface area contributed by atoms with Crippen molar-refractivity contribution in [1.29, 1.82) is 0 Å². The zero-order valence-corrected chi connectivity index (χ0v) is 18.3. The molecule has 0 radical (unpaired) electrons. The zero-order valence-electron chi connectivity index (χ0n) is 18.3. The first-order valence-electron chi connectivity index (χ1n) is 10.9. The fraction of sp³-hybridized carbons (Fsp3) is 0.440. The molecule has 1 aromatic heterocycles. The van der Waals surface area contributed by atoms with Gasteiger partial charge < -0.3 is 19.3 Å². The number of rotatable bonds is 7. The molecule has 5 heteroatoms. The van der Waals surface area contributed by atoms with Gasteiger partial charge in [0.2, 0.25) is 0 Å². The lowest BCUT2D eigenvalue weighted by Gasteiger charge is -2.33. The Labute approximate surface area is 179 Å². The fourth-order valence-electron chi connectivity index (χ4n) is 4.22. The highest BCUT2D eigenvalue weighted by molar-refractivity contribution is 6.11. The number of aliphatic hydroxyl groups is 1. The van der Waals surface area contributed by atoms with Gasteiger partial charge in [0.1, 0.15) is 18.5 Å². The molecular weight excluding hydrogens is 374 g/mol. The van der Waals surface area contributed by atoms with Gasteiger partial charge in [-0.1, -0.05) is 35.9 Å². The molecule has 0 bridgehead atoms. The van der Waals surface area contributed by atoms with E-state index in [1.807, 2.05) is 12.1 Å². The number of nitrogens with zero attached hydrogens (tertiary/aromatic N) is 3. The summed E-state index contributed by atoms with van der Waals surface area (Å²) in [4.78, 5) is 4.64. The fourth-order valence-corrected chi connectivity index (χ4v) is 4.22. The Hall–Kier alpha value is -2.34. The normalized spacial score (nSPS) is 16.8. The van der Waals surface area contributed by atoms with Crippen molar-refractivity contribution in [3.63, 3.8) is 0 Å². The summed E-state index contributed by atoms with van der Waals surface area (Å²) in [6.07, 6.45) is 1.75. The van der Waals surface area contributed by atoms with Crippen LogP contribution in [-0.4, -0.2) is 72.0 Å². The van der Waals surface area contributed by atoms with Crippen molar-refractivity contribution in [2.24, 2.45) is 0 Å². The van der Waals surface area contributed by atoms with Crippen molar-refractivity contribution in [2.75, 3.05) is 46.4 Å². The number of piperazine rings is 1. The Balaban J connectivity index is 1.56. The molecule has 0 aliphatic carbocycles. The Morgan fingerprint density at radius 3 is 2.53 bits per heavy atom. The largest absolute Gasteiger partial charge is 0.490 e. The van der Waals surface area contributed by atoms with Gasteiger partial charge in [-0.25, -0.2) is 0 Å². The number of allylic oxidation sites excluding steroid dienone is 2. The van der Waals surface area contributed by atoms with Crippen LogP contribution in [0.25, 0.3) is 21.8 Å². The first-order chi connectivity index (χ1) is 14.5. The third kappa shape index (κ3) is 4.53. The van der Waals surface area contributed by atoms with Crippen molar-refractivity contribution in [3.8, 4) is 5.75 Å². The van der Waals surface area contributed by atoms with Crippen LogP contribution in [0.15, 0.2) is 54.1 Å². The van der Waals surface area contributed by atoms with E-state index in [9.17, 15) is 5.11 Å². The van der Waals surface area contributed by atoms with Gasteiger partial charge in [-0.2, -0.15) is 0 Å². The highest BCUT2D eigenvalue weighted by Gasteiger charge is 2.19. The summed E-state index contributed by atoms with van der Waals surface area (Å²) < 4.78 is 8.51. The van der Waals surface area contributed by atoms with Crippen molar-refractivity contribution in [3.05, 3.63) is 54.1 Å². The van der Waals surface area contributed by atoms with Gasteiger partial charge in [-0.15, -0.1) is 0 Å². The highest BCUT2D eigenvalue weighted by Crippen LogP contribution is 2.35. The molecule has 1 aliphatic rings. The molecule has 4 rings (SSSR count). The summed E-state index contributed by atoms with van der Waals surface area (Å²) >= 11 is 0. The summed E-state index contributed by atoms with van der Waals surface area (Å²) in [6.45, 7) is 10.2. The predicted molar refractivity (Wildman–Crippen MR) is 124 cm³/mol. The number of aliphatic hydroxyl groups excluding tert-OH is 1. The van der Waals surface area contributed by atoms with Gasteiger partial charge in [0.25, 0.3) is 0 Å². The number of ether oxygens (including phenoxy) is 1. The number of fused-ring (bicyclic) bond motifs is 3. The lowest BCUT2D eigenvalue weighted by atomic mass is 10.1. The summed E-state index contributed by atoms with van der Waals surface area (Å²) in [5.41, 5.74) is 3.68. The van der Waals surface area contributed by atoms with Crippen molar-refractivity contribution in [1.82, 2.24) is 14.4 Å². The standard InChI is InChI=1S/C25H33N3O2/c1-19(2)11-12-28-22-8-5-4-7-21(22)25-23(28)9-6-10-24(25)30-18-20(29)17-27-15-13-26(3)14-16-27/h4-11,20,29H,12-18H2,1-3H3. The molecule has 1 fully saturated rings. The molecule has 1 unspecified atom stereocenters. The number of hydrogen-bond donors (Lipinski definition) is 1. The Kier molecular flexibility index (Phi) is 6.42. The number of β-amino-alcohol motifs (C(OH)–C–C–N with tert-alkyl or cyclic N) is 1. The Morgan fingerprint density at radius 2 is 1.77 bits per heavy atom. The molecule has 2 heterocycles. The van der Waals surface area contributed by atoms with E-state index in [0.717, 1.165) is 43.9 Å². The molecule has 5 nitrogen and oxygen atoms in total. The average molecular weight is 408 g/mol. The minimum atomic E-state index is -0.498. The minimum Gasteiger partial charge on any atom is -0.490 e. The number of hydrogen-bond acceptors (Lipinski definition) is 4. The quantitative estimate of drug-likeness (QED) is 0.606. The molecule has 30 heavy (non-hydrogen) atoms. The van der Waals surface area contributed by atoms with Crippen LogP contribution >= 0.6 is 0 Å². The van der Waals surface area contributed by atoms with Gasteiger partial charge in [0, 0.05) is 55.6 Å². The second kappa shape index (κ2) is 9.21. The number of likely N-dealkylation sites (N-methyl/N-ethyl adjacent to an activating group) is 1. The number of aromatic nitrogens is 1. The summed E-state index contributed by atoms with van der Waals surface area (Å²) in [5.74, 6) is 0.845. The zero-order chi connectivity index (χ0) is 21.1. The van der Waals surface area contributed by atoms with E-state index in [-0.39, 0.29) is 0 Å². The van der Waals surface area contributed by atoms with E-state index in [2.05, 4.69) is 71.7 Å². The molecule has 0 saturated carbocycles. The van der Waals surface area contributed by atoms with Crippen LogP contribution in [0, 0.1) is 0 Å². The molecule has 1 N–H and O–H groups in total. The average Bonchev–Trinajstić information content (AvgIpc) is 3.06. The molecule has 0 amide bonds. The van der Waals surface area contributed by atoms with E-state index in [4.69, 9.17) is 4.74 Å². The van der Waals surface area contributed by atoms with Gasteiger partial charge >= 0.3 is 0 Å². The van der Waals surface area contributed by atoms with E-state index in [1.54, 1.807) is 0 Å². The van der Waals surface area contributed by atoms with Gasteiger partial charge in [-0.3, -0.25) is 4.90 Å². The lowest BCUT2D eigenvalue weighted by molar-refractivity contribution is 0.0509. The first kappa shape index (κ1) is 20.9. The summed E-state index contributed by atoms with van der Waals surface area (Å²) in [7, 11) is 2.14. The monoisotopic (exact) mass is 407 g/mol. The third-order valence-electron chi connectivity index (χ3n) is 5.94. The van der Waals surface area contributed by atoms with Crippen molar-refractivity contribution < 1.29 is 9.84 Å². The smallest absolute Gasteiger partial charge is 0.129 e. The maximum Gasteiger partial charge on any atom is 0.129 e. The van der Waals surface area contributed by atoms with Crippen LogP contribution in [0.1, 0.15) is 13.8 Å². The molecule has 3 aromatic rings. The van der Waals surface area contributed by atoms with Crippen LogP contribution in [-0.2, 0) is 6.54 Å². The predicted octanol–water partition coefficient (Wildman–Crippen LogP) is 3.75. The number of para-hydroxylation sites is 1. The second-order valence-electron chi connectivity index (χ2n) is 8.63. The van der Waals surface area contributed by atoms with Crippen LogP contribution in [0.2, 0.25) is 0 Å². The van der Waals surface area contributed by atoms with Crippen LogP contribution < -0.4 is 4.74 Å². The highest BCUT2D eigenvalue weighted by atomic mass is 16.5. The topological polar surface area (TPSA) is 40.9 Å². The van der Waals surface area contributed by atoms with Crippen molar-refractivity contribution >= 4 is 21.8 Å². The van der Waals surface area contributed by atoms with E-state index in [0.29, 0.717) is 13.2 Å². The first-order valence-corrected chi connectivity index (χ1v) is 10.9. The third-order valence-corrected chi connectivity index (χ3v) is 5.94. The SMILES string of the molecule is CC(C)=CCn1c2ccccc2c2c(OCC(O)CN3CCN(C)CC3)cccc21. The summed E-state index contributed by atoms with van der Waals surface area (Å²) in [6, 6.07) is 14.7. The van der Waals surface area contributed by atoms with Crippen LogP contribution in [0.4, 0.5) is 0 Å². The second-order valence-corrected chi connectivity index (χ2v) is 8.63. The number of benzene rings is 2. The maximum absolute atomic E-state index is 10.6.